The van der Waals surface area contributed by atoms with Crippen molar-refractivity contribution in [2.45, 2.75) is 12.7 Å². The molecule has 0 saturated heterocycles. The molecule has 4 aromatic rings. The minimum absolute atomic E-state index is 0.109. The van der Waals surface area contributed by atoms with Crippen LogP contribution in [0, 0.1) is 5.82 Å². The van der Waals surface area contributed by atoms with E-state index in [-0.39, 0.29) is 12.4 Å². The van der Waals surface area contributed by atoms with Crippen LogP contribution in [-0.2, 0) is 12.7 Å². The number of amides is 1. The molecule has 0 fully saturated rings. The van der Waals surface area contributed by atoms with E-state index in [1.807, 2.05) is 0 Å². The third kappa shape index (κ3) is 5.40. The largest absolute Gasteiger partial charge is 0.497 e. The van der Waals surface area contributed by atoms with Crippen LogP contribution in [0.2, 0.25) is 0 Å². The lowest BCUT2D eigenvalue weighted by Crippen LogP contribution is -2.26. The summed E-state index contributed by atoms with van der Waals surface area (Å²) >= 11 is 0. The molecule has 0 unspecified atom stereocenters. The van der Waals surface area contributed by atoms with Crippen molar-refractivity contribution in [1.82, 2.24) is 20.1 Å². The first-order valence-electron chi connectivity index (χ1n) is 10.2. The van der Waals surface area contributed by atoms with Crippen molar-refractivity contribution in [2.24, 2.45) is 0 Å². The number of methoxy groups -OCH3 is 1. The maximum absolute atomic E-state index is 14.1. The van der Waals surface area contributed by atoms with Gasteiger partial charge in [-0.2, -0.15) is 18.3 Å². The zero-order valence-electron chi connectivity index (χ0n) is 18.2. The zero-order chi connectivity index (χ0) is 25.0. The van der Waals surface area contributed by atoms with Crippen molar-refractivity contribution in [3.63, 3.8) is 0 Å². The lowest BCUT2D eigenvalue weighted by Gasteiger charge is -2.13. The van der Waals surface area contributed by atoms with Gasteiger partial charge < -0.3 is 14.8 Å². The predicted octanol–water partition coefficient (Wildman–Crippen LogP) is 5.16. The molecule has 180 valence electrons. The number of pyridine rings is 1. The summed E-state index contributed by atoms with van der Waals surface area (Å²) in [7, 11) is 1.54. The van der Waals surface area contributed by atoms with Crippen molar-refractivity contribution in [1.29, 1.82) is 0 Å². The fraction of sp³-hybridized carbons (Fsp3) is 0.125. The molecule has 0 saturated carbocycles. The van der Waals surface area contributed by atoms with Crippen molar-refractivity contribution < 1.29 is 31.8 Å². The number of nitrogens with one attached hydrogen (secondary N) is 1. The van der Waals surface area contributed by atoms with Gasteiger partial charge in [-0.15, -0.1) is 0 Å². The molecule has 1 N–H and O–H groups in total. The van der Waals surface area contributed by atoms with Crippen molar-refractivity contribution in [2.75, 3.05) is 7.11 Å². The predicted molar refractivity (Wildman–Crippen MR) is 117 cm³/mol. The first-order chi connectivity index (χ1) is 16.8. The maximum atomic E-state index is 14.1. The number of hydrogen-bond acceptors (Lipinski definition) is 5. The highest BCUT2D eigenvalue weighted by atomic mass is 19.4. The molecule has 0 aliphatic rings. The van der Waals surface area contributed by atoms with Crippen LogP contribution in [-0.4, -0.2) is 27.8 Å². The Bertz CT molecular complexity index is 1340. The summed E-state index contributed by atoms with van der Waals surface area (Å²) in [6.45, 7) is -0.109. The molecule has 2 aromatic carbocycles. The fourth-order valence-electron chi connectivity index (χ4n) is 3.25. The first kappa shape index (κ1) is 23.7. The second kappa shape index (κ2) is 9.84. The number of rotatable bonds is 7. The van der Waals surface area contributed by atoms with Gasteiger partial charge in [-0.05, 0) is 48.0 Å². The second-order valence-corrected chi connectivity index (χ2v) is 7.23. The highest BCUT2D eigenvalue weighted by Gasteiger charge is 2.41. The average molecular weight is 486 g/mol. The average Bonchev–Trinajstić information content (AvgIpc) is 3.29. The van der Waals surface area contributed by atoms with Crippen LogP contribution in [0.1, 0.15) is 21.6 Å². The number of benzene rings is 2. The zero-order valence-corrected chi connectivity index (χ0v) is 18.2. The van der Waals surface area contributed by atoms with Crippen molar-refractivity contribution in [3.05, 3.63) is 95.7 Å². The van der Waals surface area contributed by atoms with Crippen LogP contribution in [0.15, 0.2) is 73.1 Å². The number of para-hydroxylation sites is 1. The van der Waals surface area contributed by atoms with Gasteiger partial charge in [0.2, 0.25) is 5.88 Å². The van der Waals surface area contributed by atoms with Crippen LogP contribution in [0.25, 0.3) is 5.69 Å². The van der Waals surface area contributed by atoms with Gasteiger partial charge in [0.05, 0.1) is 18.9 Å². The van der Waals surface area contributed by atoms with Gasteiger partial charge in [0.25, 0.3) is 5.91 Å². The highest BCUT2D eigenvalue weighted by molar-refractivity contribution is 5.95. The minimum atomic E-state index is -4.96. The van der Waals surface area contributed by atoms with Crippen LogP contribution in [0.4, 0.5) is 17.6 Å². The fourth-order valence-corrected chi connectivity index (χ4v) is 3.25. The van der Waals surface area contributed by atoms with E-state index in [4.69, 9.17) is 9.47 Å². The quantitative estimate of drug-likeness (QED) is 0.366. The Hall–Kier alpha value is -4.41. The third-order valence-electron chi connectivity index (χ3n) is 4.90. The lowest BCUT2D eigenvalue weighted by atomic mass is 10.2. The van der Waals surface area contributed by atoms with E-state index >= 15 is 0 Å². The van der Waals surface area contributed by atoms with Crippen molar-refractivity contribution >= 4 is 5.91 Å². The Morgan fingerprint density at radius 3 is 2.46 bits per heavy atom. The van der Waals surface area contributed by atoms with Gasteiger partial charge >= 0.3 is 6.18 Å². The van der Waals surface area contributed by atoms with E-state index in [0.717, 1.165) is 18.3 Å². The molecule has 0 bridgehead atoms. The Kier molecular flexibility index (Phi) is 6.67. The summed E-state index contributed by atoms with van der Waals surface area (Å²) in [4.78, 5) is 16.7. The third-order valence-corrected chi connectivity index (χ3v) is 4.90. The molecule has 0 radical (unpaired) electrons. The van der Waals surface area contributed by atoms with E-state index in [0.29, 0.717) is 21.7 Å². The Balaban J connectivity index is 1.51. The number of aromatic nitrogens is 3. The molecule has 0 spiro atoms. The Morgan fingerprint density at radius 2 is 1.77 bits per heavy atom. The first-order valence-corrected chi connectivity index (χ1v) is 10.2. The number of ether oxygens (including phenoxy) is 2. The Morgan fingerprint density at radius 1 is 1.06 bits per heavy atom. The van der Waals surface area contributed by atoms with Crippen LogP contribution < -0.4 is 14.8 Å². The van der Waals surface area contributed by atoms with Gasteiger partial charge in [-0.1, -0.05) is 12.1 Å². The molecule has 7 nitrogen and oxygen atoms in total. The summed E-state index contributed by atoms with van der Waals surface area (Å²) in [5.41, 5.74) is -2.00. The standard InChI is InChI=1S/C24H18F4N4O3/c1-34-16-6-8-17(9-7-16)35-21-12-15(10-11-29-21)13-30-23(33)18-14-31-32(22(18)24(26,27)28)20-5-3-2-4-19(20)25/h2-12,14H,13H2,1H3,(H,30,33). The molecule has 11 heteroatoms. The van der Waals surface area contributed by atoms with E-state index in [1.54, 1.807) is 30.3 Å². The summed E-state index contributed by atoms with van der Waals surface area (Å²) < 4.78 is 66.6. The molecule has 0 aliphatic heterocycles. The normalized spacial score (nSPS) is 11.2. The summed E-state index contributed by atoms with van der Waals surface area (Å²) in [5.74, 6) is -0.554. The van der Waals surface area contributed by atoms with Gasteiger partial charge in [-0.25, -0.2) is 14.1 Å². The molecule has 35 heavy (non-hydrogen) atoms. The van der Waals surface area contributed by atoms with Gasteiger partial charge in [0.1, 0.15) is 23.0 Å². The number of carbonyl (C=O) groups is 1. The number of halogens is 4. The van der Waals surface area contributed by atoms with Gasteiger partial charge in [0, 0.05) is 18.8 Å². The molecule has 1 amide bonds. The highest BCUT2D eigenvalue weighted by Crippen LogP contribution is 2.34. The number of alkyl halides is 3. The van der Waals surface area contributed by atoms with E-state index in [9.17, 15) is 22.4 Å². The molecule has 2 heterocycles. The van der Waals surface area contributed by atoms with E-state index < -0.39 is 34.8 Å². The molecule has 0 atom stereocenters. The summed E-state index contributed by atoms with van der Waals surface area (Å²) in [6, 6.07) is 14.7. The van der Waals surface area contributed by atoms with Gasteiger partial charge in [-0.3, -0.25) is 4.79 Å². The molecule has 4 rings (SSSR count). The van der Waals surface area contributed by atoms with E-state index in [1.165, 1.54) is 31.5 Å². The van der Waals surface area contributed by atoms with E-state index in [2.05, 4.69) is 15.4 Å². The number of hydrogen-bond donors (Lipinski definition) is 1. The second-order valence-electron chi connectivity index (χ2n) is 7.23. The molecular weight excluding hydrogens is 468 g/mol. The minimum Gasteiger partial charge on any atom is -0.497 e. The van der Waals surface area contributed by atoms with Crippen LogP contribution in [0.3, 0.4) is 0 Å². The van der Waals surface area contributed by atoms with Crippen LogP contribution in [0.5, 0.6) is 17.4 Å². The number of nitrogens with zero attached hydrogens (tertiary/aromatic N) is 3. The molecular formula is C24H18F4N4O3. The van der Waals surface area contributed by atoms with Gasteiger partial charge in [0.15, 0.2) is 5.69 Å². The molecule has 2 aromatic heterocycles. The van der Waals surface area contributed by atoms with Crippen molar-refractivity contribution in [3.8, 4) is 23.1 Å². The Labute approximate surface area is 196 Å². The van der Waals surface area contributed by atoms with Crippen LogP contribution >= 0.6 is 0 Å². The SMILES string of the molecule is COc1ccc(Oc2cc(CNC(=O)c3cnn(-c4ccccc4F)c3C(F)(F)F)ccn2)cc1. The topological polar surface area (TPSA) is 78.3 Å². The monoisotopic (exact) mass is 486 g/mol. The maximum Gasteiger partial charge on any atom is 0.434 e. The summed E-state index contributed by atoms with van der Waals surface area (Å²) in [6.07, 6.45) is -2.76. The smallest absolute Gasteiger partial charge is 0.434 e. The lowest BCUT2D eigenvalue weighted by molar-refractivity contribution is -0.143. The summed E-state index contributed by atoms with van der Waals surface area (Å²) in [5, 5.41) is 6.05. The number of carbonyl (C=O) groups excluding carboxylic acids is 1. The molecule has 0 aliphatic carbocycles.